The molecule has 6 nitrogen and oxygen atoms in total. The Balaban J connectivity index is 1.74. The molecule has 1 aliphatic rings. The van der Waals surface area contributed by atoms with Gasteiger partial charge in [-0.1, -0.05) is 5.16 Å². The summed E-state index contributed by atoms with van der Waals surface area (Å²) in [6.07, 6.45) is 5.79. The zero-order valence-corrected chi connectivity index (χ0v) is 12.6. The quantitative estimate of drug-likeness (QED) is 0.796. The minimum Gasteiger partial charge on any atom is -0.361 e. The summed E-state index contributed by atoms with van der Waals surface area (Å²) in [5.74, 6) is 1.36. The Labute approximate surface area is 128 Å². The summed E-state index contributed by atoms with van der Waals surface area (Å²) in [5.41, 5.74) is 3.58. The number of hydrogen-bond acceptors (Lipinski definition) is 6. The van der Waals surface area contributed by atoms with E-state index in [9.17, 15) is 0 Å². The van der Waals surface area contributed by atoms with Crippen LogP contribution in [0.2, 0.25) is 0 Å². The predicted molar refractivity (Wildman–Crippen MR) is 82.4 cm³/mol. The number of aryl methyl sites for hydroxylation is 2. The standard InChI is InChI=1S/C16H17N5O/c1-9-5-6-17-12(7-9)14(11-3-4-11)20-15-13-10(2)21-22-16(13)19-8-18-15/h5-8,11,14H,3-4H2,1-2H3,(H,18,19,20)/t14-/m0/s1. The van der Waals surface area contributed by atoms with Crippen LogP contribution >= 0.6 is 0 Å². The number of pyridine rings is 1. The Hall–Kier alpha value is -2.50. The van der Waals surface area contributed by atoms with Gasteiger partial charge in [0.2, 0.25) is 0 Å². The first kappa shape index (κ1) is 13.2. The second-order valence-electron chi connectivity index (χ2n) is 5.89. The lowest BCUT2D eigenvalue weighted by Gasteiger charge is -2.19. The minimum absolute atomic E-state index is 0.160. The van der Waals surface area contributed by atoms with Crippen molar-refractivity contribution in [2.45, 2.75) is 32.7 Å². The highest BCUT2D eigenvalue weighted by Crippen LogP contribution is 2.43. The summed E-state index contributed by atoms with van der Waals surface area (Å²) < 4.78 is 5.22. The van der Waals surface area contributed by atoms with E-state index in [1.54, 1.807) is 0 Å². The van der Waals surface area contributed by atoms with Gasteiger partial charge in [-0.2, -0.15) is 4.98 Å². The summed E-state index contributed by atoms with van der Waals surface area (Å²) in [6, 6.07) is 4.31. The van der Waals surface area contributed by atoms with Gasteiger partial charge in [0, 0.05) is 6.20 Å². The lowest BCUT2D eigenvalue weighted by molar-refractivity contribution is 0.442. The van der Waals surface area contributed by atoms with E-state index in [1.807, 2.05) is 19.2 Å². The molecule has 0 aromatic carbocycles. The normalized spacial score (nSPS) is 15.9. The highest BCUT2D eigenvalue weighted by atomic mass is 16.5. The number of rotatable bonds is 4. The van der Waals surface area contributed by atoms with Crippen LogP contribution in [-0.4, -0.2) is 20.1 Å². The summed E-state index contributed by atoms with van der Waals surface area (Å²) >= 11 is 0. The minimum atomic E-state index is 0.160. The van der Waals surface area contributed by atoms with Crippen molar-refractivity contribution in [2.24, 2.45) is 5.92 Å². The van der Waals surface area contributed by atoms with Crippen LogP contribution in [0, 0.1) is 19.8 Å². The van der Waals surface area contributed by atoms with Crippen LogP contribution < -0.4 is 5.32 Å². The van der Waals surface area contributed by atoms with Gasteiger partial charge in [0.15, 0.2) is 0 Å². The number of aromatic nitrogens is 4. The third kappa shape index (κ3) is 2.30. The summed E-state index contributed by atoms with van der Waals surface area (Å²) in [7, 11) is 0. The smallest absolute Gasteiger partial charge is 0.263 e. The van der Waals surface area contributed by atoms with Gasteiger partial charge in [0.1, 0.15) is 17.5 Å². The van der Waals surface area contributed by atoms with Crippen LogP contribution in [-0.2, 0) is 0 Å². The van der Waals surface area contributed by atoms with Crippen LogP contribution in [0.4, 0.5) is 5.82 Å². The number of fused-ring (bicyclic) bond motifs is 1. The monoisotopic (exact) mass is 295 g/mol. The molecule has 6 heteroatoms. The number of nitrogens with one attached hydrogen (secondary N) is 1. The van der Waals surface area contributed by atoms with Gasteiger partial charge in [0.05, 0.1) is 17.4 Å². The van der Waals surface area contributed by atoms with Gasteiger partial charge in [0.25, 0.3) is 5.71 Å². The second-order valence-corrected chi connectivity index (χ2v) is 5.89. The maximum Gasteiger partial charge on any atom is 0.263 e. The van der Waals surface area contributed by atoms with Crippen molar-refractivity contribution in [1.29, 1.82) is 0 Å². The first-order valence-electron chi connectivity index (χ1n) is 7.48. The van der Waals surface area contributed by atoms with E-state index in [1.165, 1.54) is 24.7 Å². The second kappa shape index (κ2) is 5.05. The van der Waals surface area contributed by atoms with Crippen LogP contribution in [0.15, 0.2) is 29.2 Å². The van der Waals surface area contributed by atoms with Gasteiger partial charge in [-0.25, -0.2) is 4.98 Å². The molecule has 3 aromatic heterocycles. The van der Waals surface area contributed by atoms with Crippen molar-refractivity contribution in [1.82, 2.24) is 20.1 Å². The van der Waals surface area contributed by atoms with Crippen LogP contribution in [0.5, 0.6) is 0 Å². The highest BCUT2D eigenvalue weighted by molar-refractivity contribution is 5.87. The molecule has 0 spiro atoms. The Kier molecular flexibility index (Phi) is 3.03. The summed E-state index contributed by atoms with van der Waals surface area (Å²) in [6.45, 7) is 3.99. The molecule has 0 radical (unpaired) electrons. The molecule has 0 aliphatic heterocycles. The first-order valence-corrected chi connectivity index (χ1v) is 7.48. The van der Waals surface area contributed by atoms with Gasteiger partial charge in [-0.15, -0.1) is 0 Å². The molecule has 1 atom stereocenters. The molecule has 0 saturated heterocycles. The van der Waals surface area contributed by atoms with Crippen molar-refractivity contribution < 1.29 is 4.52 Å². The highest BCUT2D eigenvalue weighted by Gasteiger charge is 2.34. The molecule has 4 rings (SSSR count). The van der Waals surface area contributed by atoms with Crippen molar-refractivity contribution in [2.75, 3.05) is 5.32 Å². The molecular weight excluding hydrogens is 278 g/mol. The molecule has 1 N–H and O–H groups in total. The topological polar surface area (TPSA) is 76.7 Å². The Morgan fingerprint density at radius 2 is 2.09 bits per heavy atom. The fraction of sp³-hybridized carbons (Fsp3) is 0.375. The maximum atomic E-state index is 5.22. The molecular formula is C16H17N5O. The zero-order valence-electron chi connectivity index (χ0n) is 12.6. The third-order valence-corrected chi connectivity index (χ3v) is 4.08. The fourth-order valence-corrected chi connectivity index (χ4v) is 2.77. The molecule has 1 saturated carbocycles. The van der Waals surface area contributed by atoms with Gasteiger partial charge in [-0.05, 0) is 50.3 Å². The molecule has 3 aromatic rings. The number of anilines is 1. The Bertz CT molecular complexity index is 824. The summed E-state index contributed by atoms with van der Waals surface area (Å²) in [4.78, 5) is 13.1. The van der Waals surface area contributed by atoms with Crippen LogP contribution in [0.25, 0.3) is 11.1 Å². The molecule has 0 amide bonds. The maximum absolute atomic E-state index is 5.22. The molecule has 1 fully saturated rings. The zero-order chi connectivity index (χ0) is 15.1. The van der Waals surface area contributed by atoms with Crippen molar-refractivity contribution in [3.63, 3.8) is 0 Å². The Morgan fingerprint density at radius 3 is 2.86 bits per heavy atom. The average Bonchev–Trinajstić information content (AvgIpc) is 3.28. The van der Waals surface area contributed by atoms with Crippen molar-refractivity contribution in [3.05, 3.63) is 41.6 Å². The van der Waals surface area contributed by atoms with E-state index in [4.69, 9.17) is 4.52 Å². The first-order chi connectivity index (χ1) is 10.7. The van der Waals surface area contributed by atoms with Crippen molar-refractivity contribution in [3.8, 4) is 0 Å². The Morgan fingerprint density at radius 1 is 1.23 bits per heavy atom. The molecule has 0 bridgehead atoms. The lowest BCUT2D eigenvalue weighted by atomic mass is 10.1. The van der Waals surface area contributed by atoms with Crippen LogP contribution in [0.1, 0.15) is 35.8 Å². The SMILES string of the molecule is Cc1ccnc([C@@H](Nc2ncnc3onc(C)c23)C2CC2)c1. The molecule has 22 heavy (non-hydrogen) atoms. The van der Waals surface area contributed by atoms with E-state index in [2.05, 4.69) is 38.4 Å². The van der Waals surface area contributed by atoms with E-state index < -0.39 is 0 Å². The van der Waals surface area contributed by atoms with E-state index in [0.717, 1.165) is 22.6 Å². The molecule has 0 unspecified atom stereocenters. The number of hydrogen-bond donors (Lipinski definition) is 1. The van der Waals surface area contributed by atoms with Gasteiger partial charge >= 0.3 is 0 Å². The molecule has 3 heterocycles. The lowest BCUT2D eigenvalue weighted by Crippen LogP contribution is -2.15. The van der Waals surface area contributed by atoms with Crippen LogP contribution in [0.3, 0.4) is 0 Å². The largest absolute Gasteiger partial charge is 0.361 e. The van der Waals surface area contributed by atoms with Gasteiger partial charge in [-0.3, -0.25) is 4.98 Å². The van der Waals surface area contributed by atoms with E-state index >= 15 is 0 Å². The van der Waals surface area contributed by atoms with E-state index in [-0.39, 0.29) is 6.04 Å². The summed E-state index contributed by atoms with van der Waals surface area (Å²) in [5, 5.41) is 8.37. The average molecular weight is 295 g/mol. The fourth-order valence-electron chi connectivity index (χ4n) is 2.77. The predicted octanol–water partition coefficient (Wildman–Crippen LogP) is 3.19. The van der Waals surface area contributed by atoms with Gasteiger partial charge < -0.3 is 9.84 Å². The molecule has 112 valence electrons. The number of nitrogens with zero attached hydrogens (tertiary/aromatic N) is 4. The van der Waals surface area contributed by atoms with E-state index in [0.29, 0.717) is 11.6 Å². The molecule has 1 aliphatic carbocycles. The van der Waals surface area contributed by atoms with Crippen molar-refractivity contribution >= 4 is 16.9 Å². The third-order valence-electron chi connectivity index (χ3n) is 4.08.